The molecule has 0 saturated heterocycles. The molecule has 0 amide bonds. The summed E-state index contributed by atoms with van der Waals surface area (Å²) < 4.78 is 0. The molecule has 2 nitrogen and oxygen atoms in total. The third-order valence-electron chi connectivity index (χ3n) is 4.95. The molecular formula is C23H25NO. The van der Waals surface area contributed by atoms with E-state index in [1.807, 2.05) is 80.6 Å². The fraction of sp³-hybridized carbons (Fsp3) is 0.217. The molecule has 3 aromatic carbocycles. The maximum Gasteiger partial charge on any atom is 0.130 e. The van der Waals surface area contributed by atoms with E-state index in [4.69, 9.17) is 5.73 Å². The molecule has 0 aliphatic rings. The zero-order chi connectivity index (χ0) is 17.9. The van der Waals surface area contributed by atoms with E-state index in [-0.39, 0.29) is 0 Å². The lowest BCUT2D eigenvalue weighted by Crippen LogP contribution is -2.48. The first kappa shape index (κ1) is 17.4. The van der Waals surface area contributed by atoms with E-state index in [2.05, 4.69) is 12.1 Å². The third kappa shape index (κ3) is 3.37. The van der Waals surface area contributed by atoms with Gasteiger partial charge in [-0.2, -0.15) is 0 Å². The molecule has 3 rings (SSSR count). The van der Waals surface area contributed by atoms with Gasteiger partial charge in [-0.1, -0.05) is 78.9 Å². The molecule has 128 valence electrons. The summed E-state index contributed by atoms with van der Waals surface area (Å²) in [5.41, 5.74) is 10.3. The van der Waals surface area contributed by atoms with Crippen molar-refractivity contribution in [3.63, 3.8) is 0 Å². The lowest BCUT2D eigenvalue weighted by atomic mass is 9.75. The van der Waals surface area contributed by atoms with Gasteiger partial charge >= 0.3 is 0 Å². The van der Waals surface area contributed by atoms with Crippen LogP contribution in [-0.2, 0) is 12.0 Å². The van der Waals surface area contributed by atoms with E-state index >= 15 is 0 Å². The highest BCUT2D eigenvalue weighted by Gasteiger charge is 2.40. The van der Waals surface area contributed by atoms with Crippen LogP contribution in [0.15, 0.2) is 78.9 Å². The molecule has 1 unspecified atom stereocenters. The van der Waals surface area contributed by atoms with E-state index in [1.165, 1.54) is 0 Å². The highest BCUT2D eigenvalue weighted by Crippen LogP contribution is 2.37. The first-order valence-corrected chi connectivity index (χ1v) is 8.67. The van der Waals surface area contributed by atoms with Gasteiger partial charge < -0.3 is 10.8 Å². The molecule has 0 spiro atoms. The van der Waals surface area contributed by atoms with Crippen molar-refractivity contribution in [2.45, 2.75) is 31.9 Å². The zero-order valence-electron chi connectivity index (χ0n) is 14.8. The summed E-state index contributed by atoms with van der Waals surface area (Å²) in [6, 6.07) is 25.5. The van der Waals surface area contributed by atoms with Gasteiger partial charge in [0.2, 0.25) is 0 Å². The predicted octanol–water partition coefficient (Wildman–Crippen LogP) is 4.11. The van der Waals surface area contributed by atoms with Gasteiger partial charge in [0.15, 0.2) is 0 Å². The summed E-state index contributed by atoms with van der Waals surface area (Å²) in [6.07, 6.45) is 0.597. The molecule has 0 heterocycles. The second kappa shape index (κ2) is 7.22. The number of aryl methyl sites for hydroxylation is 2. The number of hydrogen-bond acceptors (Lipinski definition) is 2. The molecule has 0 bridgehead atoms. The van der Waals surface area contributed by atoms with Gasteiger partial charge in [-0.3, -0.25) is 0 Å². The lowest BCUT2D eigenvalue weighted by Gasteiger charge is -2.37. The van der Waals surface area contributed by atoms with Crippen LogP contribution in [0.4, 0.5) is 0 Å². The maximum atomic E-state index is 11.9. The van der Waals surface area contributed by atoms with Gasteiger partial charge in [0.05, 0.1) is 0 Å². The molecule has 3 aromatic rings. The topological polar surface area (TPSA) is 46.2 Å². The van der Waals surface area contributed by atoms with Crippen molar-refractivity contribution >= 4 is 0 Å². The van der Waals surface area contributed by atoms with E-state index < -0.39 is 11.6 Å². The number of benzene rings is 3. The van der Waals surface area contributed by atoms with E-state index in [9.17, 15) is 5.11 Å². The van der Waals surface area contributed by atoms with E-state index in [1.54, 1.807) is 0 Å². The predicted molar refractivity (Wildman–Crippen MR) is 103 cm³/mol. The Morgan fingerprint density at radius 3 is 1.68 bits per heavy atom. The van der Waals surface area contributed by atoms with Gasteiger partial charge in [0.25, 0.3) is 0 Å². The SMILES string of the molecule is Cc1ccccc1C(O)(c1ccccc1C)C(N)Cc1ccccc1. The van der Waals surface area contributed by atoms with Crippen molar-refractivity contribution in [2.75, 3.05) is 0 Å². The summed E-state index contributed by atoms with van der Waals surface area (Å²) >= 11 is 0. The largest absolute Gasteiger partial charge is 0.379 e. The van der Waals surface area contributed by atoms with Crippen molar-refractivity contribution < 1.29 is 5.11 Å². The van der Waals surface area contributed by atoms with Crippen molar-refractivity contribution in [1.82, 2.24) is 0 Å². The van der Waals surface area contributed by atoms with Crippen LogP contribution in [0, 0.1) is 13.8 Å². The highest BCUT2D eigenvalue weighted by molar-refractivity contribution is 5.45. The quantitative estimate of drug-likeness (QED) is 0.739. The number of aliphatic hydroxyl groups is 1. The number of hydrogen-bond donors (Lipinski definition) is 2. The smallest absolute Gasteiger partial charge is 0.130 e. The van der Waals surface area contributed by atoms with Gasteiger partial charge in [-0.15, -0.1) is 0 Å². The van der Waals surface area contributed by atoms with Crippen molar-refractivity contribution in [3.8, 4) is 0 Å². The minimum absolute atomic E-state index is 0.461. The van der Waals surface area contributed by atoms with Crippen molar-refractivity contribution in [3.05, 3.63) is 107 Å². The zero-order valence-corrected chi connectivity index (χ0v) is 14.8. The Bertz CT molecular complexity index is 796. The van der Waals surface area contributed by atoms with Crippen LogP contribution in [0.25, 0.3) is 0 Å². The summed E-state index contributed by atoms with van der Waals surface area (Å²) in [4.78, 5) is 0. The van der Waals surface area contributed by atoms with Crippen LogP contribution < -0.4 is 5.73 Å². The van der Waals surface area contributed by atoms with E-state index in [0.717, 1.165) is 27.8 Å². The molecular weight excluding hydrogens is 306 g/mol. The Kier molecular flexibility index (Phi) is 5.03. The van der Waals surface area contributed by atoms with Gasteiger partial charge in [-0.05, 0) is 48.1 Å². The van der Waals surface area contributed by atoms with Gasteiger partial charge in [-0.25, -0.2) is 0 Å². The molecule has 25 heavy (non-hydrogen) atoms. The Balaban J connectivity index is 2.12. The number of nitrogens with two attached hydrogens (primary N) is 1. The Morgan fingerprint density at radius 2 is 1.20 bits per heavy atom. The molecule has 0 aliphatic carbocycles. The molecule has 0 radical (unpaired) electrons. The molecule has 1 atom stereocenters. The average molecular weight is 331 g/mol. The molecule has 2 heteroatoms. The molecule has 3 N–H and O–H groups in total. The van der Waals surface area contributed by atoms with Gasteiger partial charge in [0.1, 0.15) is 5.60 Å². The van der Waals surface area contributed by atoms with Crippen LogP contribution >= 0.6 is 0 Å². The van der Waals surface area contributed by atoms with Crippen LogP contribution in [0.3, 0.4) is 0 Å². The fourth-order valence-corrected chi connectivity index (χ4v) is 3.56. The van der Waals surface area contributed by atoms with E-state index in [0.29, 0.717) is 6.42 Å². The Morgan fingerprint density at radius 1 is 0.760 bits per heavy atom. The minimum Gasteiger partial charge on any atom is -0.379 e. The molecule has 0 saturated carbocycles. The lowest BCUT2D eigenvalue weighted by molar-refractivity contribution is 0.0504. The van der Waals surface area contributed by atoms with Crippen LogP contribution in [0.1, 0.15) is 27.8 Å². The summed E-state index contributed by atoms with van der Waals surface area (Å²) in [5.74, 6) is 0. The van der Waals surface area contributed by atoms with Crippen molar-refractivity contribution in [1.29, 1.82) is 0 Å². The maximum absolute atomic E-state index is 11.9. The first-order chi connectivity index (χ1) is 12.0. The summed E-state index contributed by atoms with van der Waals surface area (Å²) in [7, 11) is 0. The van der Waals surface area contributed by atoms with Crippen LogP contribution in [0.5, 0.6) is 0 Å². The standard InChI is InChI=1S/C23H25NO/c1-17-10-6-8-14-20(17)23(25,21-15-9-7-11-18(21)2)22(24)16-19-12-4-3-5-13-19/h3-15,22,25H,16,24H2,1-2H3. The summed E-state index contributed by atoms with van der Waals surface area (Å²) in [6.45, 7) is 4.04. The van der Waals surface area contributed by atoms with Crippen LogP contribution in [0.2, 0.25) is 0 Å². The first-order valence-electron chi connectivity index (χ1n) is 8.67. The summed E-state index contributed by atoms with van der Waals surface area (Å²) in [5, 5.41) is 11.9. The fourth-order valence-electron chi connectivity index (χ4n) is 3.56. The van der Waals surface area contributed by atoms with Gasteiger partial charge in [0, 0.05) is 6.04 Å². The Hall–Kier alpha value is -2.42. The van der Waals surface area contributed by atoms with Crippen molar-refractivity contribution in [2.24, 2.45) is 5.73 Å². The van der Waals surface area contributed by atoms with Crippen LogP contribution in [-0.4, -0.2) is 11.1 Å². The molecule has 0 aromatic heterocycles. The third-order valence-corrected chi connectivity index (χ3v) is 4.95. The molecule has 0 aliphatic heterocycles. The Labute approximate surface area is 150 Å². The number of rotatable bonds is 5. The second-order valence-electron chi connectivity index (χ2n) is 6.69. The average Bonchev–Trinajstić information content (AvgIpc) is 2.62. The normalized spacial score (nSPS) is 12.8. The highest BCUT2D eigenvalue weighted by atomic mass is 16.3. The monoisotopic (exact) mass is 331 g/mol. The second-order valence-corrected chi connectivity index (χ2v) is 6.69. The molecule has 0 fully saturated rings. The minimum atomic E-state index is -1.24.